The topological polar surface area (TPSA) is 64.3 Å². The highest BCUT2D eigenvalue weighted by molar-refractivity contribution is 7.99. The van der Waals surface area contributed by atoms with Crippen LogP contribution in [-0.2, 0) is 5.75 Å². The first-order valence-corrected chi connectivity index (χ1v) is 9.40. The maximum atomic E-state index is 12.7. The lowest BCUT2D eigenvalue weighted by atomic mass is 10.1. The van der Waals surface area contributed by atoms with Gasteiger partial charge in [-0.2, -0.15) is 11.8 Å². The smallest absolute Gasteiger partial charge is 0.259 e. The van der Waals surface area contributed by atoms with Gasteiger partial charge in [-0.15, -0.1) is 12.4 Å². The number of hydrogen-bond donors (Lipinski definition) is 2. The lowest BCUT2D eigenvalue weighted by Gasteiger charge is -2.15. The molecular weight excluding hydrogens is 391 g/mol. The summed E-state index contributed by atoms with van der Waals surface area (Å²) in [6.07, 6.45) is 0. The number of benzene rings is 2. The highest BCUT2D eigenvalue weighted by Crippen LogP contribution is 2.30. The molecule has 0 aromatic heterocycles. The fourth-order valence-electron chi connectivity index (χ4n) is 2.34. The zero-order valence-electron chi connectivity index (χ0n) is 15.3. The Bertz CT molecular complexity index is 782. The van der Waals surface area contributed by atoms with Crippen LogP contribution in [-0.4, -0.2) is 18.3 Å². The molecule has 0 saturated heterocycles. The van der Waals surface area contributed by atoms with Gasteiger partial charge >= 0.3 is 0 Å². The molecular formula is C19H24Cl2N2O2S. The number of nitrogens with two attached hydrogens (primary N) is 1. The number of carbonyl (C=O) groups is 1. The van der Waals surface area contributed by atoms with Crippen LogP contribution in [0.4, 0.5) is 11.4 Å². The monoisotopic (exact) mass is 414 g/mol. The molecule has 2 aromatic rings. The van der Waals surface area contributed by atoms with Crippen molar-refractivity contribution in [3.63, 3.8) is 0 Å². The molecule has 2 aromatic carbocycles. The van der Waals surface area contributed by atoms with Crippen molar-refractivity contribution in [3.05, 3.63) is 52.0 Å². The van der Waals surface area contributed by atoms with Crippen LogP contribution in [0.2, 0.25) is 5.02 Å². The third-order valence-corrected chi connectivity index (χ3v) is 5.30. The minimum atomic E-state index is -0.282. The standard InChI is InChI=1S/C19H23ClN2O2S.ClH/c1-11(2)25-10-13-6-5-7-17(12(13)3)22-19(23)14-8-15(20)16(21)9-18(14)24-4;/h5-9,11H,10,21H2,1-4H3,(H,22,23);1H. The van der Waals surface area contributed by atoms with Crippen molar-refractivity contribution in [1.29, 1.82) is 0 Å². The summed E-state index contributed by atoms with van der Waals surface area (Å²) in [5, 5.41) is 3.83. The van der Waals surface area contributed by atoms with E-state index in [0.717, 1.165) is 17.0 Å². The van der Waals surface area contributed by atoms with E-state index in [2.05, 4.69) is 25.2 Å². The number of methoxy groups -OCH3 is 1. The number of amides is 1. The number of halogens is 2. The Kier molecular flexibility index (Phi) is 8.60. The van der Waals surface area contributed by atoms with Gasteiger partial charge in [-0.25, -0.2) is 0 Å². The molecule has 142 valence electrons. The van der Waals surface area contributed by atoms with Gasteiger partial charge in [0.2, 0.25) is 0 Å². The summed E-state index contributed by atoms with van der Waals surface area (Å²) in [5.74, 6) is 1.02. The Morgan fingerprint density at radius 2 is 2.04 bits per heavy atom. The van der Waals surface area contributed by atoms with E-state index in [1.165, 1.54) is 18.7 Å². The van der Waals surface area contributed by atoms with Crippen LogP contribution < -0.4 is 15.8 Å². The Morgan fingerprint density at radius 1 is 1.35 bits per heavy atom. The second-order valence-electron chi connectivity index (χ2n) is 5.98. The molecule has 7 heteroatoms. The highest BCUT2D eigenvalue weighted by Gasteiger charge is 2.16. The molecule has 0 aliphatic rings. The number of ether oxygens (including phenoxy) is 1. The number of thioether (sulfide) groups is 1. The first-order chi connectivity index (χ1) is 11.8. The molecule has 0 spiro atoms. The van der Waals surface area contributed by atoms with Crippen molar-refractivity contribution in [3.8, 4) is 5.75 Å². The number of hydrogen-bond acceptors (Lipinski definition) is 4. The fourth-order valence-corrected chi connectivity index (χ4v) is 3.33. The fraction of sp³-hybridized carbons (Fsp3) is 0.316. The van der Waals surface area contributed by atoms with E-state index in [1.54, 1.807) is 6.07 Å². The van der Waals surface area contributed by atoms with Gasteiger partial charge in [-0.1, -0.05) is 37.6 Å². The van der Waals surface area contributed by atoms with E-state index >= 15 is 0 Å². The lowest BCUT2D eigenvalue weighted by Crippen LogP contribution is -2.15. The molecule has 0 radical (unpaired) electrons. The lowest BCUT2D eigenvalue weighted by molar-refractivity contribution is 0.102. The van der Waals surface area contributed by atoms with Gasteiger partial charge < -0.3 is 15.8 Å². The maximum Gasteiger partial charge on any atom is 0.259 e. The van der Waals surface area contributed by atoms with Crippen molar-refractivity contribution in [2.45, 2.75) is 31.8 Å². The highest BCUT2D eigenvalue weighted by atomic mass is 35.5. The predicted octanol–water partition coefficient (Wildman–Crippen LogP) is 5.55. The molecule has 0 atom stereocenters. The molecule has 3 N–H and O–H groups in total. The largest absolute Gasteiger partial charge is 0.496 e. The van der Waals surface area contributed by atoms with E-state index in [0.29, 0.717) is 27.3 Å². The van der Waals surface area contributed by atoms with Gasteiger partial charge in [0.15, 0.2) is 0 Å². The minimum Gasteiger partial charge on any atom is -0.496 e. The quantitative estimate of drug-likeness (QED) is 0.607. The molecule has 0 unspecified atom stereocenters. The van der Waals surface area contributed by atoms with E-state index in [4.69, 9.17) is 22.1 Å². The Morgan fingerprint density at radius 3 is 2.65 bits per heavy atom. The Balaban J connectivity index is 0.00000338. The predicted molar refractivity (Wildman–Crippen MR) is 115 cm³/mol. The SMILES string of the molecule is COc1cc(N)c(Cl)cc1C(=O)Nc1cccc(CSC(C)C)c1C.Cl. The average molecular weight is 415 g/mol. The second kappa shape index (κ2) is 9.95. The first kappa shape index (κ1) is 22.5. The molecule has 0 bridgehead atoms. The first-order valence-electron chi connectivity index (χ1n) is 7.98. The number of nitrogen functional groups attached to an aromatic ring is 1. The number of carbonyl (C=O) groups excluding carboxylic acids is 1. The van der Waals surface area contributed by atoms with Crippen LogP contribution in [0.1, 0.15) is 35.3 Å². The van der Waals surface area contributed by atoms with Gasteiger partial charge in [-0.3, -0.25) is 4.79 Å². The van der Waals surface area contributed by atoms with Gasteiger partial charge in [0, 0.05) is 17.5 Å². The van der Waals surface area contributed by atoms with Crippen LogP contribution in [0.15, 0.2) is 30.3 Å². The minimum absolute atomic E-state index is 0. The maximum absolute atomic E-state index is 12.7. The second-order valence-corrected chi connectivity index (χ2v) is 7.95. The molecule has 4 nitrogen and oxygen atoms in total. The molecule has 0 saturated carbocycles. The Labute approximate surface area is 170 Å². The molecule has 26 heavy (non-hydrogen) atoms. The van der Waals surface area contributed by atoms with Crippen molar-refractivity contribution in [1.82, 2.24) is 0 Å². The number of anilines is 2. The third kappa shape index (κ3) is 5.47. The van der Waals surface area contributed by atoms with Crippen LogP contribution in [0.3, 0.4) is 0 Å². The van der Waals surface area contributed by atoms with Gasteiger partial charge in [0.05, 0.1) is 23.4 Å². The van der Waals surface area contributed by atoms with Crippen LogP contribution >= 0.6 is 35.8 Å². The zero-order valence-corrected chi connectivity index (χ0v) is 17.6. The van der Waals surface area contributed by atoms with Gasteiger partial charge in [0.25, 0.3) is 5.91 Å². The molecule has 0 aliphatic carbocycles. The summed E-state index contributed by atoms with van der Waals surface area (Å²) >= 11 is 7.92. The van der Waals surface area contributed by atoms with Gasteiger partial charge in [-0.05, 0) is 35.4 Å². The molecule has 0 aliphatic heterocycles. The van der Waals surface area contributed by atoms with Crippen LogP contribution in [0, 0.1) is 6.92 Å². The third-order valence-electron chi connectivity index (χ3n) is 3.83. The zero-order chi connectivity index (χ0) is 18.6. The van der Waals surface area contributed by atoms with E-state index in [-0.39, 0.29) is 18.3 Å². The Hall–Kier alpha value is -1.56. The number of rotatable bonds is 6. The van der Waals surface area contributed by atoms with Crippen LogP contribution in [0.5, 0.6) is 5.75 Å². The average Bonchev–Trinajstić information content (AvgIpc) is 2.57. The molecule has 2 rings (SSSR count). The van der Waals surface area contributed by atoms with Crippen molar-refractivity contribution in [2.24, 2.45) is 0 Å². The van der Waals surface area contributed by atoms with E-state index < -0.39 is 0 Å². The van der Waals surface area contributed by atoms with E-state index in [9.17, 15) is 4.79 Å². The number of nitrogens with one attached hydrogen (secondary N) is 1. The normalized spacial score (nSPS) is 10.4. The van der Waals surface area contributed by atoms with Crippen molar-refractivity contribution in [2.75, 3.05) is 18.2 Å². The summed E-state index contributed by atoms with van der Waals surface area (Å²) in [7, 11) is 1.49. The van der Waals surface area contributed by atoms with Gasteiger partial charge in [0.1, 0.15) is 5.75 Å². The summed E-state index contributed by atoms with van der Waals surface area (Å²) in [6.45, 7) is 6.35. The summed E-state index contributed by atoms with van der Waals surface area (Å²) in [6, 6.07) is 9.01. The molecule has 1 amide bonds. The van der Waals surface area contributed by atoms with Crippen molar-refractivity contribution < 1.29 is 9.53 Å². The summed E-state index contributed by atoms with van der Waals surface area (Å²) in [4.78, 5) is 12.7. The summed E-state index contributed by atoms with van der Waals surface area (Å²) in [5.41, 5.74) is 9.54. The molecule has 0 fully saturated rings. The summed E-state index contributed by atoms with van der Waals surface area (Å²) < 4.78 is 5.26. The molecule has 0 heterocycles. The van der Waals surface area contributed by atoms with Crippen molar-refractivity contribution >= 4 is 53.1 Å². The van der Waals surface area contributed by atoms with Crippen LogP contribution in [0.25, 0.3) is 0 Å². The van der Waals surface area contributed by atoms with E-state index in [1.807, 2.05) is 30.8 Å².